The Kier molecular flexibility index (Phi) is 3.96. The molecule has 0 radical (unpaired) electrons. The van der Waals surface area contributed by atoms with Crippen molar-refractivity contribution in [1.82, 2.24) is 9.97 Å². The van der Waals surface area contributed by atoms with Crippen molar-refractivity contribution < 1.29 is 13.5 Å². The summed E-state index contributed by atoms with van der Waals surface area (Å²) in [6, 6.07) is 14.7. The first-order valence-corrected chi connectivity index (χ1v) is 6.98. The summed E-state index contributed by atoms with van der Waals surface area (Å²) in [4.78, 5) is 8.59. The predicted octanol–water partition coefficient (Wildman–Crippen LogP) is 4.46. The second-order valence-corrected chi connectivity index (χ2v) is 4.80. The van der Waals surface area contributed by atoms with Gasteiger partial charge in [0.1, 0.15) is 0 Å². The molecule has 2 aromatic carbocycles. The molecule has 0 fully saturated rings. The van der Waals surface area contributed by atoms with Crippen LogP contribution in [0, 0.1) is 0 Å². The number of hydrogen-bond acceptors (Lipinski definition) is 3. The number of halogens is 2. The van der Waals surface area contributed by atoms with Crippen molar-refractivity contribution in [1.29, 1.82) is 0 Å². The Morgan fingerprint density at radius 2 is 1.73 bits per heavy atom. The smallest absolute Gasteiger partial charge is 0.388 e. The van der Waals surface area contributed by atoms with Gasteiger partial charge in [-0.1, -0.05) is 43.3 Å². The van der Waals surface area contributed by atoms with Gasteiger partial charge in [0.05, 0.1) is 10.9 Å². The van der Waals surface area contributed by atoms with Gasteiger partial charge in [-0.3, -0.25) is 0 Å². The lowest BCUT2D eigenvalue weighted by Gasteiger charge is -2.09. The van der Waals surface area contributed by atoms with Gasteiger partial charge in [-0.05, 0) is 24.1 Å². The largest absolute Gasteiger partial charge is 0.416 e. The van der Waals surface area contributed by atoms with E-state index < -0.39 is 6.61 Å². The molecule has 0 N–H and O–H groups in total. The Labute approximate surface area is 126 Å². The van der Waals surface area contributed by atoms with Crippen LogP contribution in [0.2, 0.25) is 0 Å². The molecule has 3 nitrogen and oxygen atoms in total. The average Bonchev–Trinajstić information content (AvgIpc) is 2.54. The maximum Gasteiger partial charge on any atom is 0.388 e. The highest BCUT2D eigenvalue weighted by Crippen LogP contribution is 2.27. The van der Waals surface area contributed by atoms with E-state index in [1.165, 1.54) is 5.56 Å². The third-order valence-corrected chi connectivity index (χ3v) is 3.39. The van der Waals surface area contributed by atoms with Crippen LogP contribution in [-0.2, 0) is 6.42 Å². The molecule has 0 saturated carbocycles. The molecular weight excluding hydrogens is 286 g/mol. The van der Waals surface area contributed by atoms with E-state index in [0.717, 1.165) is 12.0 Å². The third-order valence-electron chi connectivity index (χ3n) is 3.39. The fourth-order valence-electron chi connectivity index (χ4n) is 2.24. The third kappa shape index (κ3) is 2.88. The van der Waals surface area contributed by atoms with Gasteiger partial charge >= 0.3 is 6.61 Å². The lowest BCUT2D eigenvalue weighted by Crippen LogP contribution is -2.05. The van der Waals surface area contributed by atoms with Crippen molar-refractivity contribution >= 4 is 10.9 Å². The first-order valence-electron chi connectivity index (χ1n) is 6.98. The molecule has 0 spiro atoms. The van der Waals surface area contributed by atoms with Gasteiger partial charge in [0.25, 0.3) is 0 Å². The fourth-order valence-corrected chi connectivity index (χ4v) is 2.24. The number of alkyl halides is 2. The minimum absolute atomic E-state index is 0.102. The molecule has 0 bridgehead atoms. The van der Waals surface area contributed by atoms with Gasteiger partial charge in [-0.2, -0.15) is 13.8 Å². The number of fused-ring (bicyclic) bond motifs is 1. The molecule has 1 heterocycles. The molecule has 0 aliphatic carbocycles. The topological polar surface area (TPSA) is 35.0 Å². The van der Waals surface area contributed by atoms with Crippen molar-refractivity contribution in [3.63, 3.8) is 0 Å². The zero-order valence-electron chi connectivity index (χ0n) is 12.0. The highest BCUT2D eigenvalue weighted by atomic mass is 19.3. The van der Waals surface area contributed by atoms with Gasteiger partial charge in [0.2, 0.25) is 5.88 Å². The number of benzene rings is 2. The van der Waals surface area contributed by atoms with Gasteiger partial charge in [0, 0.05) is 5.56 Å². The van der Waals surface area contributed by atoms with E-state index in [-0.39, 0.29) is 5.88 Å². The van der Waals surface area contributed by atoms with E-state index in [0.29, 0.717) is 16.7 Å². The van der Waals surface area contributed by atoms with E-state index >= 15 is 0 Å². The Bertz CT molecular complexity index is 788. The van der Waals surface area contributed by atoms with Crippen LogP contribution in [0.25, 0.3) is 22.3 Å². The predicted molar refractivity (Wildman–Crippen MR) is 81.0 cm³/mol. The van der Waals surface area contributed by atoms with Crippen LogP contribution >= 0.6 is 0 Å². The molecule has 3 rings (SSSR count). The number of aromatic nitrogens is 2. The Morgan fingerprint density at radius 1 is 1.00 bits per heavy atom. The molecule has 5 heteroatoms. The maximum atomic E-state index is 12.6. The van der Waals surface area contributed by atoms with Crippen molar-refractivity contribution in [3.05, 3.63) is 54.1 Å². The number of aryl methyl sites for hydroxylation is 1. The van der Waals surface area contributed by atoms with Crippen molar-refractivity contribution in [2.24, 2.45) is 0 Å². The van der Waals surface area contributed by atoms with Crippen molar-refractivity contribution in [2.75, 3.05) is 0 Å². The van der Waals surface area contributed by atoms with Crippen LogP contribution in [0.5, 0.6) is 5.88 Å². The van der Waals surface area contributed by atoms with E-state index in [1.54, 1.807) is 24.3 Å². The molecule has 1 aromatic heterocycles. The van der Waals surface area contributed by atoms with Crippen molar-refractivity contribution in [3.8, 4) is 17.3 Å². The number of ether oxygens (including phenoxy) is 1. The lowest BCUT2D eigenvalue weighted by molar-refractivity contribution is -0.0516. The second-order valence-electron chi connectivity index (χ2n) is 4.80. The summed E-state index contributed by atoms with van der Waals surface area (Å²) in [7, 11) is 0. The second kappa shape index (κ2) is 6.05. The summed E-state index contributed by atoms with van der Waals surface area (Å²) >= 11 is 0. The maximum absolute atomic E-state index is 12.6. The fraction of sp³-hybridized carbons (Fsp3) is 0.176. The SMILES string of the molecule is CCc1ccc(-c2nc(OC(F)F)c3ccccc3n2)cc1. The molecule has 0 amide bonds. The van der Waals surface area contributed by atoms with Gasteiger partial charge in [-0.15, -0.1) is 0 Å². The Balaban J connectivity index is 2.12. The molecule has 0 aliphatic rings. The van der Waals surface area contributed by atoms with Gasteiger partial charge in [0.15, 0.2) is 5.82 Å². The normalized spacial score (nSPS) is 11.1. The average molecular weight is 300 g/mol. The monoisotopic (exact) mass is 300 g/mol. The Morgan fingerprint density at radius 3 is 2.41 bits per heavy atom. The summed E-state index contributed by atoms with van der Waals surface area (Å²) in [6.07, 6.45) is 0.929. The van der Waals surface area contributed by atoms with Crippen LogP contribution in [0.1, 0.15) is 12.5 Å². The summed E-state index contributed by atoms with van der Waals surface area (Å²) in [5.41, 5.74) is 2.53. The summed E-state index contributed by atoms with van der Waals surface area (Å²) < 4.78 is 29.7. The minimum Gasteiger partial charge on any atom is -0.416 e. The van der Waals surface area contributed by atoms with E-state index in [1.807, 2.05) is 24.3 Å². The van der Waals surface area contributed by atoms with Gasteiger partial charge in [-0.25, -0.2) is 4.98 Å². The standard InChI is InChI=1S/C17H14F2N2O/c1-2-11-7-9-12(10-8-11)15-20-14-6-4-3-5-13(14)16(21-15)22-17(18)19/h3-10,17H,2H2,1H3. The summed E-state index contributed by atoms with van der Waals surface area (Å²) in [5, 5.41) is 0.469. The first kappa shape index (κ1) is 14.4. The molecule has 0 atom stereocenters. The number of nitrogens with zero attached hydrogens (tertiary/aromatic N) is 2. The van der Waals surface area contributed by atoms with E-state index in [2.05, 4.69) is 21.6 Å². The molecule has 3 aromatic rings. The van der Waals surface area contributed by atoms with E-state index in [4.69, 9.17) is 0 Å². The summed E-state index contributed by atoms with van der Waals surface area (Å²) in [5.74, 6) is 0.271. The van der Waals surface area contributed by atoms with Crippen LogP contribution in [0.15, 0.2) is 48.5 Å². The van der Waals surface area contributed by atoms with Crippen LogP contribution in [-0.4, -0.2) is 16.6 Å². The van der Waals surface area contributed by atoms with Crippen LogP contribution in [0.4, 0.5) is 8.78 Å². The number of hydrogen-bond donors (Lipinski definition) is 0. The van der Waals surface area contributed by atoms with Crippen LogP contribution in [0.3, 0.4) is 0 Å². The summed E-state index contributed by atoms with van der Waals surface area (Å²) in [6.45, 7) is -0.857. The minimum atomic E-state index is -2.92. The van der Waals surface area contributed by atoms with E-state index in [9.17, 15) is 8.78 Å². The van der Waals surface area contributed by atoms with Crippen molar-refractivity contribution in [2.45, 2.75) is 20.0 Å². The highest BCUT2D eigenvalue weighted by molar-refractivity contribution is 5.85. The molecule has 112 valence electrons. The molecule has 0 aliphatic heterocycles. The highest BCUT2D eigenvalue weighted by Gasteiger charge is 2.13. The zero-order chi connectivity index (χ0) is 15.5. The lowest BCUT2D eigenvalue weighted by atomic mass is 10.1. The number of para-hydroxylation sites is 1. The molecular formula is C17H14F2N2O. The molecule has 22 heavy (non-hydrogen) atoms. The number of rotatable bonds is 4. The Hall–Kier alpha value is -2.56. The zero-order valence-corrected chi connectivity index (χ0v) is 12.0. The van der Waals surface area contributed by atoms with Gasteiger partial charge < -0.3 is 4.74 Å². The molecule has 0 saturated heterocycles. The van der Waals surface area contributed by atoms with Crippen LogP contribution < -0.4 is 4.74 Å². The quantitative estimate of drug-likeness (QED) is 0.713. The first-order chi connectivity index (χ1) is 10.7. The molecule has 0 unspecified atom stereocenters.